The SMILES string of the molecule is O=C(Nc1nc2ccncc2[nH]1)c1ccccc1NS(=O)(=O)c1ccc(F)cc1. The first-order valence-corrected chi connectivity index (χ1v) is 9.89. The van der Waals surface area contributed by atoms with Gasteiger partial charge in [0, 0.05) is 6.20 Å². The Hall–Kier alpha value is -3.79. The number of hydrogen-bond donors (Lipinski definition) is 3. The van der Waals surface area contributed by atoms with E-state index in [1.165, 1.54) is 12.1 Å². The molecule has 0 unspecified atom stereocenters. The molecule has 0 spiro atoms. The molecule has 3 N–H and O–H groups in total. The number of nitrogens with one attached hydrogen (secondary N) is 3. The summed E-state index contributed by atoms with van der Waals surface area (Å²) in [7, 11) is -4.01. The number of sulfonamides is 1. The number of aromatic nitrogens is 3. The summed E-state index contributed by atoms with van der Waals surface area (Å²) >= 11 is 0. The molecule has 29 heavy (non-hydrogen) atoms. The van der Waals surface area contributed by atoms with Crippen LogP contribution in [0.4, 0.5) is 16.0 Å². The van der Waals surface area contributed by atoms with Crippen LogP contribution in [0.5, 0.6) is 0 Å². The molecule has 146 valence electrons. The van der Waals surface area contributed by atoms with E-state index in [-0.39, 0.29) is 22.1 Å². The maximum Gasteiger partial charge on any atom is 0.261 e. The van der Waals surface area contributed by atoms with E-state index in [2.05, 4.69) is 25.0 Å². The number of halogens is 1. The average Bonchev–Trinajstić information content (AvgIpc) is 3.10. The van der Waals surface area contributed by atoms with Crippen LogP contribution in [0.3, 0.4) is 0 Å². The molecule has 0 aliphatic rings. The molecule has 1 amide bonds. The first-order valence-electron chi connectivity index (χ1n) is 8.41. The summed E-state index contributed by atoms with van der Waals surface area (Å²) in [4.78, 5) is 23.7. The number of H-pyrrole nitrogens is 1. The van der Waals surface area contributed by atoms with Crippen LogP contribution in [-0.4, -0.2) is 29.3 Å². The van der Waals surface area contributed by atoms with Crippen molar-refractivity contribution in [2.75, 3.05) is 10.0 Å². The highest BCUT2D eigenvalue weighted by Crippen LogP contribution is 2.22. The summed E-state index contributed by atoms with van der Waals surface area (Å²) < 4.78 is 40.6. The Morgan fingerprint density at radius 1 is 1.03 bits per heavy atom. The monoisotopic (exact) mass is 411 g/mol. The quantitative estimate of drug-likeness (QED) is 0.466. The van der Waals surface area contributed by atoms with Crippen molar-refractivity contribution in [3.8, 4) is 0 Å². The highest BCUT2D eigenvalue weighted by molar-refractivity contribution is 7.92. The molecule has 10 heteroatoms. The Kier molecular flexibility index (Phi) is 4.69. The van der Waals surface area contributed by atoms with Gasteiger partial charge in [-0.25, -0.2) is 17.8 Å². The maximum atomic E-state index is 13.1. The van der Waals surface area contributed by atoms with Gasteiger partial charge in [-0.3, -0.25) is 19.8 Å². The molecule has 2 aromatic carbocycles. The number of hydrogen-bond acceptors (Lipinski definition) is 5. The van der Waals surface area contributed by atoms with Crippen molar-refractivity contribution in [3.05, 3.63) is 78.4 Å². The highest BCUT2D eigenvalue weighted by Gasteiger charge is 2.19. The molecule has 0 bridgehead atoms. The number of para-hydroxylation sites is 1. The van der Waals surface area contributed by atoms with Gasteiger partial charge in [0.1, 0.15) is 5.82 Å². The Labute approximate surface area is 164 Å². The van der Waals surface area contributed by atoms with Crippen LogP contribution < -0.4 is 10.0 Å². The molecular weight excluding hydrogens is 397 g/mol. The van der Waals surface area contributed by atoms with Crippen LogP contribution in [0, 0.1) is 5.82 Å². The number of carbonyl (C=O) groups is 1. The van der Waals surface area contributed by atoms with E-state index in [1.807, 2.05) is 0 Å². The number of fused-ring (bicyclic) bond motifs is 1. The van der Waals surface area contributed by atoms with Gasteiger partial charge in [0.25, 0.3) is 15.9 Å². The number of pyridine rings is 1. The van der Waals surface area contributed by atoms with Crippen molar-refractivity contribution < 1.29 is 17.6 Å². The summed E-state index contributed by atoms with van der Waals surface area (Å²) in [6.07, 6.45) is 3.15. The van der Waals surface area contributed by atoms with Crippen molar-refractivity contribution in [2.45, 2.75) is 4.90 Å². The molecule has 0 saturated carbocycles. The molecule has 0 saturated heterocycles. The van der Waals surface area contributed by atoms with Gasteiger partial charge in [0.05, 0.1) is 33.4 Å². The van der Waals surface area contributed by atoms with Crippen LogP contribution in [0.25, 0.3) is 11.0 Å². The largest absolute Gasteiger partial charge is 0.323 e. The first kappa shape index (κ1) is 18.6. The zero-order chi connectivity index (χ0) is 20.4. The van der Waals surface area contributed by atoms with Gasteiger partial charge in [0.2, 0.25) is 5.95 Å². The topological polar surface area (TPSA) is 117 Å². The second-order valence-electron chi connectivity index (χ2n) is 6.04. The number of amides is 1. The van der Waals surface area contributed by atoms with E-state index in [1.54, 1.807) is 30.6 Å². The molecule has 0 radical (unpaired) electrons. The number of nitrogens with zero attached hydrogens (tertiary/aromatic N) is 2. The molecule has 0 aliphatic heterocycles. The highest BCUT2D eigenvalue weighted by atomic mass is 32.2. The first-order chi connectivity index (χ1) is 13.9. The Morgan fingerprint density at radius 2 is 1.79 bits per heavy atom. The molecule has 4 aromatic rings. The van der Waals surface area contributed by atoms with Gasteiger partial charge in [-0.15, -0.1) is 0 Å². The fourth-order valence-electron chi connectivity index (χ4n) is 2.68. The average molecular weight is 411 g/mol. The van der Waals surface area contributed by atoms with E-state index in [4.69, 9.17) is 0 Å². The summed E-state index contributed by atoms with van der Waals surface area (Å²) in [6, 6.07) is 12.2. The molecule has 0 atom stereocenters. The van der Waals surface area contributed by atoms with Crippen molar-refractivity contribution in [1.82, 2.24) is 15.0 Å². The predicted octanol–water partition coefficient (Wildman–Crippen LogP) is 3.15. The molecule has 8 nitrogen and oxygen atoms in total. The maximum absolute atomic E-state index is 13.1. The van der Waals surface area contributed by atoms with E-state index in [0.717, 1.165) is 24.3 Å². The second-order valence-corrected chi connectivity index (χ2v) is 7.72. The summed E-state index contributed by atoms with van der Waals surface area (Å²) in [5.41, 5.74) is 1.44. The minimum Gasteiger partial charge on any atom is -0.323 e. The summed E-state index contributed by atoms with van der Waals surface area (Å²) in [6.45, 7) is 0. The zero-order valence-electron chi connectivity index (χ0n) is 14.8. The third-order valence-electron chi connectivity index (χ3n) is 4.06. The Balaban J connectivity index is 1.60. The smallest absolute Gasteiger partial charge is 0.261 e. The van der Waals surface area contributed by atoms with E-state index in [9.17, 15) is 17.6 Å². The van der Waals surface area contributed by atoms with E-state index < -0.39 is 21.7 Å². The number of rotatable bonds is 5. The number of anilines is 2. The van der Waals surface area contributed by atoms with Crippen LogP contribution >= 0.6 is 0 Å². The van der Waals surface area contributed by atoms with Crippen molar-refractivity contribution >= 4 is 38.6 Å². The Bertz CT molecular complexity index is 1270. The van der Waals surface area contributed by atoms with Crippen LogP contribution in [0.15, 0.2) is 71.9 Å². The standard InChI is InChI=1S/C19H14FN5O3S/c20-12-5-7-13(8-6-12)29(27,28)25-15-4-2-1-3-14(15)18(26)24-19-22-16-9-10-21-11-17(16)23-19/h1-11,25H,(H2,22,23,24,26). The second kappa shape index (κ2) is 7.32. The number of benzene rings is 2. The van der Waals surface area contributed by atoms with Crippen molar-refractivity contribution in [3.63, 3.8) is 0 Å². The van der Waals surface area contributed by atoms with E-state index in [0.29, 0.717) is 11.0 Å². The zero-order valence-corrected chi connectivity index (χ0v) is 15.6. The lowest BCUT2D eigenvalue weighted by atomic mass is 10.2. The summed E-state index contributed by atoms with van der Waals surface area (Å²) in [5, 5.41) is 2.60. The minimum absolute atomic E-state index is 0.0760. The fourth-order valence-corrected chi connectivity index (χ4v) is 3.76. The fraction of sp³-hybridized carbons (Fsp3) is 0. The van der Waals surface area contributed by atoms with Gasteiger partial charge in [-0.1, -0.05) is 12.1 Å². The lowest BCUT2D eigenvalue weighted by Crippen LogP contribution is -2.19. The molecule has 0 fully saturated rings. The predicted molar refractivity (Wildman–Crippen MR) is 105 cm³/mol. The van der Waals surface area contributed by atoms with Gasteiger partial charge in [-0.05, 0) is 42.5 Å². The third kappa shape index (κ3) is 3.92. The van der Waals surface area contributed by atoms with Crippen LogP contribution in [-0.2, 0) is 10.0 Å². The Morgan fingerprint density at radius 3 is 2.55 bits per heavy atom. The minimum atomic E-state index is -4.01. The van der Waals surface area contributed by atoms with E-state index >= 15 is 0 Å². The molecule has 2 aromatic heterocycles. The number of carbonyl (C=O) groups excluding carboxylic acids is 1. The number of aromatic amines is 1. The molecule has 2 heterocycles. The van der Waals surface area contributed by atoms with Crippen molar-refractivity contribution in [2.24, 2.45) is 0 Å². The summed E-state index contributed by atoms with van der Waals surface area (Å²) in [5.74, 6) is -0.909. The van der Waals surface area contributed by atoms with Gasteiger partial charge in [-0.2, -0.15) is 0 Å². The van der Waals surface area contributed by atoms with Crippen molar-refractivity contribution in [1.29, 1.82) is 0 Å². The van der Waals surface area contributed by atoms with Crippen LogP contribution in [0.1, 0.15) is 10.4 Å². The third-order valence-corrected chi connectivity index (χ3v) is 5.44. The van der Waals surface area contributed by atoms with Crippen LogP contribution in [0.2, 0.25) is 0 Å². The molecule has 4 rings (SSSR count). The van der Waals surface area contributed by atoms with Gasteiger partial charge in [0.15, 0.2) is 0 Å². The lowest BCUT2D eigenvalue weighted by Gasteiger charge is -2.12. The number of imidazole rings is 1. The lowest BCUT2D eigenvalue weighted by molar-refractivity contribution is 0.102. The van der Waals surface area contributed by atoms with Gasteiger partial charge >= 0.3 is 0 Å². The van der Waals surface area contributed by atoms with Gasteiger partial charge < -0.3 is 4.98 Å². The normalized spacial score (nSPS) is 11.3. The molecule has 0 aliphatic carbocycles. The molecular formula is C19H14FN5O3S.